The summed E-state index contributed by atoms with van der Waals surface area (Å²) in [4.78, 5) is 0.683. The molecule has 4 nitrogen and oxygen atoms in total. The molecule has 0 fully saturated rings. The Morgan fingerprint density at radius 3 is 2.67 bits per heavy atom. The van der Waals surface area contributed by atoms with Gasteiger partial charge in [-0.15, -0.1) is 10.2 Å². The first-order chi connectivity index (χ1) is 10.0. The smallest absolute Gasteiger partial charge is 0.201 e. The number of hydrogen-bond acceptors (Lipinski definition) is 4. The van der Waals surface area contributed by atoms with Crippen LogP contribution in [0, 0.1) is 0 Å². The van der Waals surface area contributed by atoms with Crippen LogP contribution in [-0.4, -0.2) is 19.8 Å². The van der Waals surface area contributed by atoms with Gasteiger partial charge >= 0.3 is 0 Å². The lowest BCUT2D eigenvalue weighted by Crippen LogP contribution is -2.00. The molecule has 0 bridgehead atoms. The van der Waals surface area contributed by atoms with E-state index < -0.39 is 12.2 Å². The minimum atomic E-state index is -2.75. The average molecular weight is 347 g/mol. The number of aromatic nitrogens is 4. The van der Waals surface area contributed by atoms with E-state index in [1.807, 2.05) is 0 Å². The Balaban J connectivity index is 2.01. The summed E-state index contributed by atoms with van der Waals surface area (Å²) in [6, 6.07) is 8.22. The van der Waals surface area contributed by atoms with Crippen molar-refractivity contribution >= 4 is 40.6 Å². The van der Waals surface area contributed by atoms with Crippen LogP contribution in [-0.2, 0) is 0 Å². The molecule has 0 aliphatic carbocycles. The molecule has 2 aromatic heterocycles. The number of fused-ring (bicyclic) bond motifs is 1. The van der Waals surface area contributed by atoms with Crippen molar-refractivity contribution in [1.29, 1.82) is 0 Å². The lowest BCUT2D eigenvalue weighted by molar-refractivity contribution is 0.137. The van der Waals surface area contributed by atoms with E-state index in [0.717, 1.165) is 4.52 Å². The van der Waals surface area contributed by atoms with Gasteiger partial charge in [0.15, 0.2) is 5.65 Å². The SMILES string of the molecule is FC(F)c1nnc2ccc(Sc3cc(Cl)ccc3Cl)nn12. The fraction of sp³-hybridized carbons (Fsp3) is 0.0833. The third-order valence-electron chi connectivity index (χ3n) is 2.57. The highest BCUT2D eigenvalue weighted by molar-refractivity contribution is 7.99. The number of hydrogen-bond donors (Lipinski definition) is 0. The summed E-state index contributed by atoms with van der Waals surface area (Å²) >= 11 is 13.2. The van der Waals surface area contributed by atoms with Gasteiger partial charge in [-0.1, -0.05) is 35.0 Å². The molecule has 0 spiro atoms. The second-order valence-electron chi connectivity index (χ2n) is 3.98. The Labute approximate surface area is 132 Å². The molecule has 0 N–H and O–H groups in total. The molecule has 0 amide bonds. The topological polar surface area (TPSA) is 43.1 Å². The van der Waals surface area contributed by atoms with Crippen LogP contribution in [0.2, 0.25) is 10.0 Å². The monoisotopic (exact) mass is 346 g/mol. The summed E-state index contributed by atoms with van der Waals surface area (Å²) in [7, 11) is 0. The summed E-state index contributed by atoms with van der Waals surface area (Å²) in [5.41, 5.74) is 0.256. The van der Waals surface area contributed by atoms with Gasteiger partial charge in [0.2, 0.25) is 5.82 Å². The standard InChI is InChI=1S/C12H6Cl2F2N4S/c13-6-1-2-7(14)8(5-6)21-10-4-3-9-17-18-12(11(15)16)20(9)19-10/h1-5,11H. The van der Waals surface area contributed by atoms with Crippen molar-refractivity contribution in [3.63, 3.8) is 0 Å². The molecular formula is C12H6Cl2F2N4S. The fourth-order valence-electron chi connectivity index (χ4n) is 1.65. The van der Waals surface area contributed by atoms with Gasteiger partial charge in [0.1, 0.15) is 5.03 Å². The zero-order valence-corrected chi connectivity index (χ0v) is 12.5. The van der Waals surface area contributed by atoms with Crippen LogP contribution in [0.3, 0.4) is 0 Å². The molecule has 3 aromatic rings. The van der Waals surface area contributed by atoms with Crippen LogP contribution >= 0.6 is 35.0 Å². The van der Waals surface area contributed by atoms with E-state index in [0.29, 0.717) is 20.0 Å². The summed E-state index contributed by atoms with van der Waals surface area (Å²) in [5, 5.41) is 12.7. The minimum Gasteiger partial charge on any atom is -0.201 e. The van der Waals surface area contributed by atoms with Gasteiger partial charge in [0.25, 0.3) is 6.43 Å². The van der Waals surface area contributed by atoms with Crippen molar-refractivity contribution in [2.24, 2.45) is 0 Å². The summed E-state index contributed by atoms with van der Waals surface area (Å²) in [6.07, 6.45) is -2.75. The molecule has 0 aliphatic heterocycles. The van der Waals surface area contributed by atoms with Crippen LogP contribution in [0.5, 0.6) is 0 Å². The third kappa shape index (κ3) is 2.95. The normalized spacial score (nSPS) is 11.5. The molecule has 0 atom stereocenters. The van der Waals surface area contributed by atoms with E-state index in [1.54, 1.807) is 30.3 Å². The van der Waals surface area contributed by atoms with Gasteiger partial charge in [-0.05, 0) is 30.3 Å². The molecule has 3 rings (SSSR count). The zero-order chi connectivity index (χ0) is 15.0. The van der Waals surface area contributed by atoms with Crippen molar-refractivity contribution in [1.82, 2.24) is 19.8 Å². The van der Waals surface area contributed by atoms with Crippen LogP contribution < -0.4 is 0 Å². The molecule has 0 saturated heterocycles. The van der Waals surface area contributed by atoms with Crippen LogP contribution in [0.25, 0.3) is 5.65 Å². The maximum absolute atomic E-state index is 12.8. The maximum Gasteiger partial charge on any atom is 0.299 e. The summed E-state index contributed by atoms with van der Waals surface area (Å²) in [5.74, 6) is -0.496. The van der Waals surface area contributed by atoms with Gasteiger partial charge in [-0.25, -0.2) is 8.78 Å². The second-order valence-corrected chi connectivity index (χ2v) is 5.88. The van der Waals surface area contributed by atoms with Gasteiger partial charge in [0.05, 0.1) is 5.02 Å². The fourth-order valence-corrected chi connectivity index (χ4v) is 2.95. The predicted octanol–water partition coefficient (Wildman–Crippen LogP) is 4.52. The first kappa shape index (κ1) is 14.5. The predicted molar refractivity (Wildman–Crippen MR) is 76.3 cm³/mol. The Morgan fingerprint density at radius 2 is 1.90 bits per heavy atom. The molecule has 9 heteroatoms. The number of halogens is 4. The van der Waals surface area contributed by atoms with E-state index in [9.17, 15) is 8.78 Å². The molecule has 0 radical (unpaired) electrons. The van der Waals surface area contributed by atoms with E-state index in [1.165, 1.54) is 11.8 Å². The Morgan fingerprint density at radius 1 is 1.10 bits per heavy atom. The van der Waals surface area contributed by atoms with Crippen LogP contribution in [0.15, 0.2) is 40.3 Å². The molecule has 21 heavy (non-hydrogen) atoms. The highest BCUT2D eigenvalue weighted by atomic mass is 35.5. The lowest BCUT2D eigenvalue weighted by atomic mass is 10.4. The zero-order valence-electron chi connectivity index (χ0n) is 10.2. The molecule has 0 saturated carbocycles. The second kappa shape index (κ2) is 5.75. The Hall–Kier alpha value is -1.44. The third-order valence-corrected chi connectivity index (χ3v) is 4.23. The maximum atomic E-state index is 12.8. The van der Waals surface area contributed by atoms with Crippen molar-refractivity contribution in [3.8, 4) is 0 Å². The minimum absolute atomic E-state index is 0.256. The largest absolute Gasteiger partial charge is 0.299 e. The molecule has 0 aliphatic rings. The van der Waals surface area contributed by atoms with E-state index in [4.69, 9.17) is 23.2 Å². The average Bonchev–Trinajstić information content (AvgIpc) is 2.86. The number of benzene rings is 1. The van der Waals surface area contributed by atoms with Crippen molar-refractivity contribution in [2.45, 2.75) is 16.3 Å². The van der Waals surface area contributed by atoms with E-state index in [2.05, 4.69) is 15.3 Å². The quantitative estimate of drug-likeness (QED) is 0.699. The summed E-state index contributed by atoms with van der Waals surface area (Å²) < 4.78 is 26.6. The highest BCUT2D eigenvalue weighted by Gasteiger charge is 2.17. The van der Waals surface area contributed by atoms with Gasteiger partial charge < -0.3 is 0 Å². The molecule has 108 valence electrons. The molecule has 1 aromatic carbocycles. The lowest BCUT2D eigenvalue weighted by Gasteiger charge is -2.05. The Bertz CT molecular complexity index is 809. The number of nitrogens with zero attached hydrogens (tertiary/aromatic N) is 4. The molecular weight excluding hydrogens is 341 g/mol. The van der Waals surface area contributed by atoms with Gasteiger partial charge in [-0.2, -0.15) is 9.61 Å². The first-order valence-electron chi connectivity index (χ1n) is 5.68. The van der Waals surface area contributed by atoms with Crippen LogP contribution in [0.4, 0.5) is 8.78 Å². The van der Waals surface area contributed by atoms with E-state index >= 15 is 0 Å². The Kier molecular flexibility index (Phi) is 3.97. The van der Waals surface area contributed by atoms with Crippen molar-refractivity contribution < 1.29 is 8.78 Å². The van der Waals surface area contributed by atoms with E-state index in [-0.39, 0.29) is 5.65 Å². The molecule has 2 heterocycles. The number of alkyl halides is 2. The molecule has 0 unspecified atom stereocenters. The number of rotatable bonds is 3. The van der Waals surface area contributed by atoms with Crippen LogP contribution in [0.1, 0.15) is 12.2 Å². The first-order valence-corrected chi connectivity index (χ1v) is 7.25. The van der Waals surface area contributed by atoms with Gasteiger partial charge in [0, 0.05) is 9.92 Å². The van der Waals surface area contributed by atoms with Crippen molar-refractivity contribution in [3.05, 3.63) is 46.2 Å². The highest BCUT2D eigenvalue weighted by Crippen LogP contribution is 2.34. The van der Waals surface area contributed by atoms with Gasteiger partial charge in [-0.3, -0.25) is 0 Å². The van der Waals surface area contributed by atoms with Crippen molar-refractivity contribution in [2.75, 3.05) is 0 Å². The summed E-state index contributed by atoms with van der Waals surface area (Å²) in [6.45, 7) is 0.